The summed E-state index contributed by atoms with van der Waals surface area (Å²) in [6.07, 6.45) is 0.973. The number of likely N-dealkylation sites (N-methyl/N-ethyl adjacent to an activating group) is 1. The van der Waals surface area contributed by atoms with Crippen molar-refractivity contribution < 1.29 is 4.79 Å². The topological polar surface area (TPSA) is 32.3 Å². The summed E-state index contributed by atoms with van der Waals surface area (Å²) in [6, 6.07) is 5.35. The van der Waals surface area contributed by atoms with Crippen molar-refractivity contribution >= 4 is 41.5 Å². The molecule has 6 heteroatoms. The number of carbonyl (C=O) groups is 1. The minimum absolute atomic E-state index is 0. The SMILES string of the molecule is CN(C(=O)c1cccc(Cl)c1Cl)[C@@H]1CCNC1.Cl. The van der Waals surface area contributed by atoms with Crippen molar-refractivity contribution in [3.63, 3.8) is 0 Å². The first-order chi connectivity index (χ1) is 8.11. The van der Waals surface area contributed by atoms with Crippen molar-refractivity contribution in [2.75, 3.05) is 20.1 Å². The van der Waals surface area contributed by atoms with Gasteiger partial charge in [0.05, 0.1) is 15.6 Å². The van der Waals surface area contributed by atoms with E-state index in [9.17, 15) is 4.79 Å². The molecule has 1 aliphatic rings. The summed E-state index contributed by atoms with van der Waals surface area (Å²) < 4.78 is 0. The van der Waals surface area contributed by atoms with Gasteiger partial charge in [-0.05, 0) is 25.1 Å². The minimum atomic E-state index is -0.0776. The third kappa shape index (κ3) is 3.09. The Bertz CT molecular complexity index is 433. The van der Waals surface area contributed by atoms with Crippen LogP contribution in [0.1, 0.15) is 16.8 Å². The first kappa shape index (κ1) is 15.6. The summed E-state index contributed by atoms with van der Waals surface area (Å²) in [6.45, 7) is 1.78. The van der Waals surface area contributed by atoms with Gasteiger partial charge in [-0.15, -0.1) is 12.4 Å². The molecule has 1 atom stereocenters. The number of halogens is 3. The lowest BCUT2D eigenvalue weighted by Gasteiger charge is -2.24. The van der Waals surface area contributed by atoms with Gasteiger partial charge in [0.25, 0.3) is 5.91 Å². The maximum Gasteiger partial charge on any atom is 0.255 e. The molecule has 0 radical (unpaired) electrons. The zero-order chi connectivity index (χ0) is 12.4. The van der Waals surface area contributed by atoms with Gasteiger partial charge in [-0.2, -0.15) is 0 Å². The number of hydrogen-bond acceptors (Lipinski definition) is 2. The molecular formula is C12H15Cl3N2O. The lowest BCUT2D eigenvalue weighted by Crippen LogP contribution is -2.38. The zero-order valence-corrected chi connectivity index (χ0v) is 12.3. The van der Waals surface area contributed by atoms with Crippen LogP contribution in [0.3, 0.4) is 0 Å². The molecule has 1 N–H and O–H groups in total. The van der Waals surface area contributed by atoms with E-state index < -0.39 is 0 Å². The molecule has 1 aromatic carbocycles. The van der Waals surface area contributed by atoms with Gasteiger partial charge in [-0.3, -0.25) is 4.79 Å². The molecule has 1 heterocycles. The molecule has 18 heavy (non-hydrogen) atoms. The summed E-state index contributed by atoms with van der Waals surface area (Å²) in [7, 11) is 1.80. The molecule has 0 aromatic heterocycles. The standard InChI is InChI=1S/C12H14Cl2N2O.ClH/c1-16(8-5-6-15-7-8)12(17)9-3-2-4-10(13)11(9)14;/h2-4,8,15H,5-7H2,1H3;1H/t8-;/m1./s1. The Morgan fingerprint density at radius 1 is 1.44 bits per heavy atom. The second-order valence-electron chi connectivity index (χ2n) is 4.16. The number of benzene rings is 1. The Morgan fingerprint density at radius 2 is 2.17 bits per heavy atom. The molecule has 1 fully saturated rings. The first-order valence-electron chi connectivity index (χ1n) is 5.53. The maximum absolute atomic E-state index is 12.3. The van der Waals surface area contributed by atoms with Crippen LogP contribution in [0.2, 0.25) is 10.0 Å². The Kier molecular flexibility index (Phi) is 5.73. The van der Waals surface area contributed by atoms with E-state index in [2.05, 4.69) is 5.32 Å². The van der Waals surface area contributed by atoms with Gasteiger partial charge in [-0.1, -0.05) is 29.3 Å². The Balaban J connectivity index is 0.00000162. The van der Waals surface area contributed by atoms with Gasteiger partial charge < -0.3 is 10.2 Å². The fourth-order valence-electron chi connectivity index (χ4n) is 1.99. The number of hydrogen-bond donors (Lipinski definition) is 1. The van der Waals surface area contributed by atoms with Crippen molar-refractivity contribution in [2.24, 2.45) is 0 Å². The summed E-state index contributed by atoms with van der Waals surface area (Å²) in [5.41, 5.74) is 0.466. The molecule has 1 saturated heterocycles. The van der Waals surface area contributed by atoms with Crippen LogP contribution in [-0.4, -0.2) is 37.0 Å². The minimum Gasteiger partial charge on any atom is -0.337 e. The normalized spacial score (nSPS) is 18.3. The van der Waals surface area contributed by atoms with Crippen LogP contribution in [0.4, 0.5) is 0 Å². The molecule has 0 unspecified atom stereocenters. The highest BCUT2D eigenvalue weighted by atomic mass is 35.5. The van der Waals surface area contributed by atoms with Crippen molar-refractivity contribution in [3.05, 3.63) is 33.8 Å². The quantitative estimate of drug-likeness (QED) is 0.911. The van der Waals surface area contributed by atoms with Gasteiger partial charge in [0.1, 0.15) is 0 Å². The molecule has 0 bridgehead atoms. The molecule has 1 aliphatic heterocycles. The summed E-state index contributed by atoms with van der Waals surface area (Å²) in [4.78, 5) is 14.0. The molecule has 0 spiro atoms. The summed E-state index contributed by atoms with van der Waals surface area (Å²) in [5.74, 6) is -0.0776. The van der Waals surface area contributed by atoms with E-state index in [4.69, 9.17) is 23.2 Å². The van der Waals surface area contributed by atoms with Crippen molar-refractivity contribution in [2.45, 2.75) is 12.5 Å². The average molecular weight is 310 g/mol. The van der Waals surface area contributed by atoms with Gasteiger partial charge >= 0.3 is 0 Å². The highest BCUT2D eigenvalue weighted by Crippen LogP contribution is 2.27. The molecule has 3 nitrogen and oxygen atoms in total. The van der Waals surface area contributed by atoms with E-state index in [1.54, 1.807) is 30.1 Å². The molecule has 1 amide bonds. The monoisotopic (exact) mass is 308 g/mol. The van der Waals surface area contributed by atoms with E-state index in [-0.39, 0.29) is 24.4 Å². The van der Waals surface area contributed by atoms with Gasteiger partial charge in [0.15, 0.2) is 0 Å². The fraction of sp³-hybridized carbons (Fsp3) is 0.417. The Morgan fingerprint density at radius 3 is 2.78 bits per heavy atom. The van der Waals surface area contributed by atoms with E-state index >= 15 is 0 Å². The third-order valence-corrected chi connectivity index (χ3v) is 3.90. The number of nitrogens with zero attached hydrogens (tertiary/aromatic N) is 1. The second kappa shape index (κ2) is 6.62. The van der Waals surface area contributed by atoms with Crippen molar-refractivity contribution in [1.82, 2.24) is 10.2 Å². The van der Waals surface area contributed by atoms with E-state index in [0.29, 0.717) is 15.6 Å². The highest BCUT2D eigenvalue weighted by molar-refractivity contribution is 6.43. The van der Waals surface area contributed by atoms with Crippen LogP contribution in [0.5, 0.6) is 0 Å². The molecular weight excluding hydrogens is 295 g/mol. The number of rotatable bonds is 2. The lowest BCUT2D eigenvalue weighted by molar-refractivity contribution is 0.0744. The fourth-order valence-corrected chi connectivity index (χ4v) is 2.38. The van der Waals surface area contributed by atoms with Crippen LogP contribution in [0.25, 0.3) is 0 Å². The molecule has 0 aliphatic carbocycles. The van der Waals surface area contributed by atoms with E-state index in [1.807, 2.05) is 0 Å². The molecule has 1 aromatic rings. The van der Waals surface area contributed by atoms with Crippen LogP contribution < -0.4 is 5.32 Å². The lowest BCUT2D eigenvalue weighted by atomic mass is 10.1. The highest BCUT2D eigenvalue weighted by Gasteiger charge is 2.25. The van der Waals surface area contributed by atoms with Crippen molar-refractivity contribution in [1.29, 1.82) is 0 Å². The van der Waals surface area contributed by atoms with Crippen LogP contribution in [0, 0.1) is 0 Å². The second-order valence-corrected chi connectivity index (χ2v) is 4.95. The Hall–Kier alpha value is -0.480. The smallest absolute Gasteiger partial charge is 0.255 e. The number of nitrogens with one attached hydrogen (secondary N) is 1. The molecule has 2 rings (SSSR count). The van der Waals surface area contributed by atoms with Crippen LogP contribution >= 0.6 is 35.6 Å². The Labute approximate surface area is 123 Å². The summed E-state index contributed by atoms with van der Waals surface area (Å²) in [5, 5.41) is 3.98. The predicted molar refractivity (Wildman–Crippen MR) is 77.1 cm³/mol. The van der Waals surface area contributed by atoms with Gasteiger partial charge in [0.2, 0.25) is 0 Å². The largest absolute Gasteiger partial charge is 0.337 e. The van der Waals surface area contributed by atoms with Crippen molar-refractivity contribution in [3.8, 4) is 0 Å². The van der Waals surface area contributed by atoms with E-state index in [0.717, 1.165) is 19.5 Å². The summed E-state index contributed by atoms with van der Waals surface area (Å²) >= 11 is 12.0. The average Bonchev–Trinajstić information content (AvgIpc) is 2.84. The van der Waals surface area contributed by atoms with Crippen LogP contribution in [-0.2, 0) is 0 Å². The van der Waals surface area contributed by atoms with E-state index in [1.165, 1.54) is 0 Å². The van der Waals surface area contributed by atoms with Gasteiger partial charge in [-0.25, -0.2) is 0 Å². The molecule has 100 valence electrons. The zero-order valence-electron chi connectivity index (χ0n) is 9.95. The molecule has 0 saturated carbocycles. The predicted octanol–water partition coefficient (Wildman–Crippen LogP) is 2.85. The van der Waals surface area contributed by atoms with Gasteiger partial charge in [0, 0.05) is 19.6 Å². The first-order valence-corrected chi connectivity index (χ1v) is 6.28. The third-order valence-electron chi connectivity index (χ3n) is 3.08. The maximum atomic E-state index is 12.3. The number of carbonyl (C=O) groups excluding carboxylic acids is 1. The number of amides is 1. The van der Waals surface area contributed by atoms with Crippen LogP contribution in [0.15, 0.2) is 18.2 Å².